The molecule has 0 unspecified atom stereocenters. The molecule has 0 heterocycles. The van der Waals surface area contributed by atoms with Crippen molar-refractivity contribution < 1.29 is 31.9 Å². The number of rotatable bonds is 5. The van der Waals surface area contributed by atoms with Crippen molar-refractivity contribution in [2.24, 2.45) is 0 Å². The third kappa shape index (κ3) is 3.94. The quantitative estimate of drug-likeness (QED) is 0.475. The minimum absolute atomic E-state index is 0.0983. The van der Waals surface area contributed by atoms with Gasteiger partial charge in [0.15, 0.2) is 0 Å². The number of carbonyl (C=O) groups excluding carboxylic acids is 2. The van der Waals surface area contributed by atoms with Crippen molar-refractivity contribution in [1.29, 1.82) is 0 Å². The number of Topliss-reactive ketones (excluding diaryl/α,β-unsaturated/α-hetero) is 2. The Morgan fingerprint density at radius 3 is 2.00 bits per heavy atom. The van der Waals surface area contributed by atoms with Gasteiger partial charge in [-0.3, -0.25) is 9.59 Å². The van der Waals surface area contributed by atoms with E-state index in [1.807, 2.05) is 0 Å². The van der Waals surface area contributed by atoms with Gasteiger partial charge in [0.05, 0.1) is 0 Å². The van der Waals surface area contributed by atoms with Gasteiger partial charge in [-0.25, -0.2) is 8.78 Å². The Kier molecular flexibility index (Phi) is 4.78. The first kappa shape index (κ1) is 16.7. The Labute approximate surface area is 128 Å². The van der Waals surface area contributed by atoms with Crippen molar-refractivity contribution in [3.63, 3.8) is 0 Å². The van der Waals surface area contributed by atoms with E-state index in [4.69, 9.17) is 0 Å². The van der Waals surface area contributed by atoms with Gasteiger partial charge < -0.3 is 4.74 Å². The predicted molar refractivity (Wildman–Crippen MR) is 72.8 cm³/mol. The van der Waals surface area contributed by atoms with Gasteiger partial charge in [-0.2, -0.15) is 8.78 Å². The van der Waals surface area contributed by atoms with Crippen molar-refractivity contribution in [2.75, 3.05) is 0 Å². The van der Waals surface area contributed by atoms with Crippen LogP contribution in [0, 0.1) is 18.6 Å². The molecule has 2 aromatic rings. The summed E-state index contributed by atoms with van der Waals surface area (Å²) in [6.45, 7) is -1.60. The SMILES string of the molecule is Cc1cc(C(=O)C(=O)c2cc(F)cc(F)c2)ccc1OC(F)F. The second-order valence-corrected chi connectivity index (χ2v) is 4.68. The molecule has 23 heavy (non-hydrogen) atoms. The summed E-state index contributed by atoms with van der Waals surface area (Å²) < 4.78 is 54.8. The molecule has 0 bridgehead atoms. The lowest BCUT2D eigenvalue weighted by Crippen LogP contribution is -2.15. The van der Waals surface area contributed by atoms with E-state index in [1.165, 1.54) is 13.0 Å². The van der Waals surface area contributed by atoms with Crippen LogP contribution in [0.4, 0.5) is 17.6 Å². The fraction of sp³-hybridized carbons (Fsp3) is 0.125. The molecule has 2 aromatic carbocycles. The summed E-state index contributed by atoms with van der Waals surface area (Å²) >= 11 is 0. The number of hydrogen-bond donors (Lipinski definition) is 0. The number of hydrogen-bond acceptors (Lipinski definition) is 3. The second-order valence-electron chi connectivity index (χ2n) is 4.68. The van der Waals surface area contributed by atoms with E-state index < -0.39 is 35.4 Å². The lowest BCUT2D eigenvalue weighted by molar-refractivity contribution is -0.0502. The smallest absolute Gasteiger partial charge is 0.387 e. The number of ketones is 2. The molecule has 0 aromatic heterocycles. The summed E-state index contributed by atoms with van der Waals surface area (Å²) in [6, 6.07) is 5.49. The van der Waals surface area contributed by atoms with E-state index in [2.05, 4.69) is 4.74 Å². The van der Waals surface area contributed by atoms with Gasteiger partial charge in [0, 0.05) is 17.2 Å². The van der Waals surface area contributed by atoms with Gasteiger partial charge in [-0.15, -0.1) is 0 Å². The van der Waals surface area contributed by atoms with Crippen molar-refractivity contribution >= 4 is 11.6 Å². The second kappa shape index (κ2) is 6.60. The van der Waals surface area contributed by atoms with Crippen LogP contribution in [0.3, 0.4) is 0 Å². The highest BCUT2D eigenvalue weighted by atomic mass is 19.3. The minimum Gasteiger partial charge on any atom is -0.435 e. The third-order valence-corrected chi connectivity index (χ3v) is 2.98. The molecule has 3 nitrogen and oxygen atoms in total. The van der Waals surface area contributed by atoms with Crippen molar-refractivity contribution in [1.82, 2.24) is 0 Å². The van der Waals surface area contributed by atoms with Crippen LogP contribution in [0.1, 0.15) is 26.3 Å². The summed E-state index contributed by atoms with van der Waals surface area (Å²) in [6.07, 6.45) is 0. The first-order valence-electron chi connectivity index (χ1n) is 6.38. The molecule has 0 fully saturated rings. The molecule has 120 valence electrons. The van der Waals surface area contributed by atoms with Gasteiger partial charge in [0.25, 0.3) is 0 Å². The average molecular weight is 326 g/mol. The third-order valence-electron chi connectivity index (χ3n) is 2.98. The van der Waals surface area contributed by atoms with Crippen LogP contribution in [0.5, 0.6) is 5.75 Å². The number of ether oxygens (including phenoxy) is 1. The topological polar surface area (TPSA) is 43.4 Å². The fourth-order valence-corrected chi connectivity index (χ4v) is 1.97. The van der Waals surface area contributed by atoms with Gasteiger partial charge in [0.2, 0.25) is 11.6 Å². The number of aryl methyl sites for hydroxylation is 1. The molecular formula is C16H10F4O3. The first-order chi connectivity index (χ1) is 10.8. The molecular weight excluding hydrogens is 316 g/mol. The lowest BCUT2D eigenvalue weighted by atomic mass is 10.00. The molecule has 2 rings (SSSR count). The maximum atomic E-state index is 13.1. The van der Waals surface area contributed by atoms with Crippen LogP contribution in [-0.2, 0) is 0 Å². The van der Waals surface area contributed by atoms with E-state index in [0.717, 1.165) is 24.3 Å². The number of alkyl halides is 2. The van der Waals surface area contributed by atoms with Crippen LogP contribution < -0.4 is 4.74 Å². The summed E-state index contributed by atoms with van der Waals surface area (Å²) in [5, 5.41) is 0. The Morgan fingerprint density at radius 2 is 1.48 bits per heavy atom. The van der Waals surface area contributed by atoms with Crippen molar-refractivity contribution in [3.05, 3.63) is 64.7 Å². The van der Waals surface area contributed by atoms with E-state index in [1.54, 1.807) is 0 Å². The summed E-state index contributed by atoms with van der Waals surface area (Å²) in [5.41, 5.74) is -0.314. The highest BCUT2D eigenvalue weighted by Gasteiger charge is 2.21. The van der Waals surface area contributed by atoms with Crippen molar-refractivity contribution in [2.45, 2.75) is 13.5 Å². The van der Waals surface area contributed by atoms with Gasteiger partial charge >= 0.3 is 6.61 Å². The molecule has 0 atom stereocenters. The maximum Gasteiger partial charge on any atom is 0.387 e. The Morgan fingerprint density at radius 1 is 0.913 bits per heavy atom. The predicted octanol–water partition coefficient (Wildman–Crippen LogP) is 3.94. The summed E-state index contributed by atoms with van der Waals surface area (Å²) in [5.74, 6) is -4.23. The normalized spacial score (nSPS) is 10.7. The number of benzene rings is 2. The van der Waals surface area contributed by atoms with Crippen LogP contribution in [0.2, 0.25) is 0 Å². The largest absolute Gasteiger partial charge is 0.435 e. The van der Waals surface area contributed by atoms with Gasteiger partial charge in [-0.05, 0) is 42.8 Å². The number of carbonyl (C=O) groups is 2. The Bertz CT molecular complexity index is 752. The fourth-order valence-electron chi connectivity index (χ4n) is 1.97. The molecule has 0 aliphatic heterocycles. The molecule has 0 N–H and O–H groups in total. The molecule has 0 saturated carbocycles. The van der Waals surface area contributed by atoms with Crippen LogP contribution >= 0.6 is 0 Å². The monoisotopic (exact) mass is 326 g/mol. The molecule has 0 amide bonds. The van der Waals surface area contributed by atoms with Crippen LogP contribution in [0.15, 0.2) is 36.4 Å². The molecule has 0 aliphatic carbocycles. The molecule has 0 saturated heterocycles. The first-order valence-corrected chi connectivity index (χ1v) is 6.38. The Balaban J connectivity index is 2.29. The van der Waals surface area contributed by atoms with Crippen LogP contribution in [-0.4, -0.2) is 18.2 Å². The van der Waals surface area contributed by atoms with E-state index in [-0.39, 0.29) is 16.9 Å². The molecule has 7 heteroatoms. The minimum atomic E-state index is -3.02. The Hall–Kier alpha value is -2.70. The zero-order chi connectivity index (χ0) is 17.1. The maximum absolute atomic E-state index is 13.1. The van der Waals surface area contributed by atoms with Crippen molar-refractivity contribution in [3.8, 4) is 5.75 Å². The highest BCUT2D eigenvalue weighted by molar-refractivity contribution is 6.49. The summed E-state index contributed by atoms with van der Waals surface area (Å²) in [4.78, 5) is 24.1. The molecule has 0 aliphatic rings. The van der Waals surface area contributed by atoms with E-state index in [9.17, 15) is 27.2 Å². The molecule has 0 radical (unpaired) electrons. The number of halogens is 4. The lowest BCUT2D eigenvalue weighted by Gasteiger charge is -2.09. The van der Waals surface area contributed by atoms with E-state index in [0.29, 0.717) is 6.07 Å². The standard InChI is InChI=1S/C16H10F4O3/c1-8-4-9(2-3-13(8)23-16(19)20)14(21)15(22)10-5-11(17)7-12(18)6-10/h2-7,16H,1H3. The zero-order valence-electron chi connectivity index (χ0n) is 11.8. The van der Waals surface area contributed by atoms with Gasteiger partial charge in [-0.1, -0.05) is 0 Å². The zero-order valence-corrected chi connectivity index (χ0v) is 11.8. The van der Waals surface area contributed by atoms with Crippen LogP contribution in [0.25, 0.3) is 0 Å². The summed E-state index contributed by atoms with van der Waals surface area (Å²) in [7, 11) is 0. The van der Waals surface area contributed by atoms with Gasteiger partial charge in [0.1, 0.15) is 17.4 Å². The van der Waals surface area contributed by atoms with E-state index >= 15 is 0 Å². The highest BCUT2D eigenvalue weighted by Crippen LogP contribution is 2.22. The average Bonchev–Trinajstić information content (AvgIpc) is 2.46. The molecule has 0 spiro atoms.